The number of nitrogens with zero attached hydrogens (tertiary/aromatic N) is 2. The molecular weight excluding hydrogens is 516 g/mol. The number of carbonyl (C=O) groups excluding carboxylic acids is 3. The Bertz CT molecular complexity index is 1190. The van der Waals surface area contributed by atoms with Gasteiger partial charge in [0, 0.05) is 55.8 Å². The molecule has 2 aromatic rings. The summed E-state index contributed by atoms with van der Waals surface area (Å²) in [6, 6.07) is 3.91. The Morgan fingerprint density at radius 2 is 1.85 bits per heavy atom. The highest BCUT2D eigenvalue weighted by atomic mass is 16.3. The third kappa shape index (κ3) is 9.18. The molecule has 0 unspecified atom stereocenters. The highest BCUT2D eigenvalue weighted by Crippen LogP contribution is 2.38. The van der Waals surface area contributed by atoms with Crippen LogP contribution in [-0.2, 0) is 20.9 Å². The van der Waals surface area contributed by atoms with Crippen LogP contribution in [0.1, 0.15) is 101 Å². The molecule has 0 spiro atoms. The van der Waals surface area contributed by atoms with Crippen molar-refractivity contribution in [1.29, 1.82) is 0 Å². The molecule has 8 nitrogen and oxygen atoms in total. The number of phenols is 1. The number of amides is 2. The largest absolute Gasteiger partial charge is 0.508 e. The van der Waals surface area contributed by atoms with E-state index in [1.54, 1.807) is 11.9 Å². The van der Waals surface area contributed by atoms with Crippen LogP contribution in [0.5, 0.6) is 5.75 Å². The summed E-state index contributed by atoms with van der Waals surface area (Å²) in [6.07, 6.45) is 9.27. The van der Waals surface area contributed by atoms with E-state index in [1.807, 2.05) is 6.07 Å². The van der Waals surface area contributed by atoms with Crippen molar-refractivity contribution in [3.05, 3.63) is 41.1 Å². The molecule has 0 atom stereocenters. The van der Waals surface area contributed by atoms with Crippen molar-refractivity contribution in [2.24, 2.45) is 5.92 Å². The zero-order valence-corrected chi connectivity index (χ0v) is 25.7. The summed E-state index contributed by atoms with van der Waals surface area (Å²) >= 11 is 0. The topological polar surface area (TPSA) is 106 Å². The van der Waals surface area contributed by atoms with Crippen molar-refractivity contribution in [2.75, 3.05) is 33.2 Å². The number of allylic oxidation sites excluding steroid dienone is 1. The molecule has 1 saturated heterocycles. The monoisotopic (exact) mass is 566 g/mol. The number of aldehydes is 1. The van der Waals surface area contributed by atoms with Crippen LogP contribution in [0, 0.1) is 5.92 Å². The van der Waals surface area contributed by atoms with Crippen LogP contribution >= 0.6 is 0 Å². The third-order valence-electron chi connectivity index (χ3n) is 8.34. The summed E-state index contributed by atoms with van der Waals surface area (Å²) in [5, 5.41) is 15.1. The first kappa shape index (κ1) is 32.4. The van der Waals surface area contributed by atoms with Crippen molar-refractivity contribution in [3.8, 4) is 5.75 Å². The van der Waals surface area contributed by atoms with Gasteiger partial charge in [-0.25, -0.2) is 0 Å². The Kier molecular flexibility index (Phi) is 12.4. The van der Waals surface area contributed by atoms with E-state index in [4.69, 9.17) is 0 Å². The van der Waals surface area contributed by atoms with Crippen LogP contribution in [0.25, 0.3) is 10.9 Å². The number of piperidine rings is 1. The Balaban J connectivity index is 1.37. The molecular formula is C33H50N4O4. The van der Waals surface area contributed by atoms with Gasteiger partial charge in [0.1, 0.15) is 12.0 Å². The standard InChI is InChI=1S/C33H50N4O4/c1-23(2)31-26-12-13-28(39)27(33(26)35-32(31)24(3)4)22-37-19-15-25(16-20-37)14-17-34-29(40)10-7-6-8-18-36(5)30(41)11-9-21-38/h9,11-13,21,23-25,35,39H,6-8,10,14-20,22H2,1-5H3,(H,34,40)/b11-9-. The molecule has 3 N–H and O–H groups in total. The number of nitrogens with one attached hydrogen (secondary N) is 2. The molecule has 0 saturated carbocycles. The maximum absolute atomic E-state index is 12.3. The second-order valence-corrected chi connectivity index (χ2v) is 12.2. The first-order chi connectivity index (χ1) is 19.6. The molecule has 3 rings (SSSR count). The molecule has 0 bridgehead atoms. The van der Waals surface area contributed by atoms with Gasteiger partial charge in [0.2, 0.25) is 11.8 Å². The average molecular weight is 567 g/mol. The minimum atomic E-state index is -0.183. The number of likely N-dealkylation sites (tertiary alicyclic amines) is 1. The van der Waals surface area contributed by atoms with E-state index in [2.05, 4.69) is 49.0 Å². The minimum Gasteiger partial charge on any atom is -0.508 e. The SMILES string of the molecule is CC(C)c1[nH]c2c(CN3CCC(CCNC(=O)CCCCCN(C)C(=O)/C=C\C=O)CC3)c(O)ccc2c1C(C)C. The molecule has 1 aliphatic heterocycles. The van der Waals surface area contributed by atoms with Gasteiger partial charge in [-0.1, -0.05) is 34.1 Å². The Morgan fingerprint density at radius 1 is 1.12 bits per heavy atom. The summed E-state index contributed by atoms with van der Waals surface area (Å²) in [4.78, 5) is 42.0. The number of unbranched alkanes of at least 4 members (excludes halogenated alkanes) is 2. The number of hydrogen-bond donors (Lipinski definition) is 3. The lowest BCUT2D eigenvalue weighted by atomic mass is 9.92. The van der Waals surface area contributed by atoms with Crippen LogP contribution in [-0.4, -0.2) is 71.2 Å². The van der Waals surface area contributed by atoms with Crippen LogP contribution in [0.3, 0.4) is 0 Å². The predicted molar refractivity (Wildman–Crippen MR) is 165 cm³/mol. The highest BCUT2D eigenvalue weighted by molar-refractivity contribution is 5.91. The highest BCUT2D eigenvalue weighted by Gasteiger charge is 2.24. The summed E-state index contributed by atoms with van der Waals surface area (Å²) < 4.78 is 0. The van der Waals surface area contributed by atoms with Crippen molar-refractivity contribution in [3.63, 3.8) is 0 Å². The lowest BCUT2D eigenvalue weighted by Crippen LogP contribution is -2.35. The number of benzene rings is 1. The van der Waals surface area contributed by atoms with Crippen molar-refractivity contribution < 1.29 is 19.5 Å². The van der Waals surface area contributed by atoms with E-state index >= 15 is 0 Å². The van der Waals surface area contributed by atoms with E-state index in [9.17, 15) is 19.5 Å². The number of likely N-dealkylation sites (N-methyl/N-ethyl adjacent to an activating group) is 1. The minimum absolute atomic E-state index is 0.0943. The van der Waals surface area contributed by atoms with Gasteiger partial charge in [-0.05, 0) is 86.7 Å². The van der Waals surface area contributed by atoms with Crippen molar-refractivity contribution >= 4 is 29.0 Å². The molecule has 41 heavy (non-hydrogen) atoms. The van der Waals surface area contributed by atoms with Gasteiger partial charge in [-0.3, -0.25) is 19.3 Å². The van der Waals surface area contributed by atoms with Gasteiger partial charge in [-0.2, -0.15) is 0 Å². The maximum Gasteiger partial charge on any atom is 0.246 e. The van der Waals surface area contributed by atoms with E-state index < -0.39 is 0 Å². The molecule has 1 aliphatic rings. The number of aromatic amines is 1. The van der Waals surface area contributed by atoms with Gasteiger partial charge in [0.05, 0.1) is 5.52 Å². The van der Waals surface area contributed by atoms with Gasteiger partial charge < -0.3 is 20.3 Å². The molecule has 1 aromatic carbocycles. The summed E-state index contributed by atoms with van der Waals surface area (Å²) in [6.45, 7) is 12.9. The van der Waals surface area contributed by atoms with E-state index in [-0.39, 0.29) is 11.8 Å². The van der Waals surface area contributed by atoms with Crippen LogP contribution < -0.4 is 5.32 Å². The molecule has 1 fully saturated rings. The zero-order valence-electron chi connectivity index (χ0n) is 25.7. The molecule has 1 aromatic heterocycles. The van der Waals surface area contributed by atoms with Crippen molar-refractivity contribution in [2.45, 2.75) is 91.0 Å². The summed E-state index contributed by atoms with van der Waals surface area (Å²) in [5.74, 6) is 1.68. The predicted octanol–water partition coefficient (Wildman–Crippen LogP) is 5.61. The molecule has 8 heteroatoms. The second-order valence-electron chi connectivity index (χ2n) is 12.2. The summed E-state index contributed by atoms with van der Waals surface area (Å²) in [7, 11) is 1.71. The molecule has 0 radical (unpaired) electrons. The second kappa shape index (κ2) is 15.8. The number of phenolic OH excluding ortho intramolecular Hbond substituents is 1. The first-order valence-electron chi connectivity index (χ1n) is 15.3. The van der Waals surface area contributed by atoms with Gasteiger partial charge in [0.25, 0.3) is 0 Å². The maximum atomic E-state index is 12.3. The molecule has 0 aliphatic carbocycles. The number of aromatic nitrogens is 1. The zero-order chi connectivity index (χ0) is 29.9. The number of hydrogen-bond acceptors (Lipinski definition) is 5. The normalized spacial score (nSPS) is 14.9. The lowest BCUT2D eigenvalue weighted by Gasteiger charge is -2.32. The number of H-pyrrole nitrogens is 1. The number of carbonyl (C=O) groups is 3. The average Bonchev–Trinajstić information content (AvgIpc) is 3.34. The van der Waals surface area contributed by atoms with Gasteiger partial charge in [-0.15, -0.1) is 0 Å². The Labute approximate surface area is 245 Å². The van der Waals surface area contributed by atoms with E-state index in [0.717, 1.165) is 69.2 Å². The van der Waals surface area contributed by atoms with Crippen LogP contribution in [0.4, 0.5) is 0 Å². The van der Waals surface area contributed by atoms with Gasteiger partial charge in [0.15, 0.2) is 0 Å². The number of fused-ring (bicyclic) bond motifs is 1. The van der Waals surface area contributed by atoms with Crippen LogP contribution in [0.15, 0.2) is 24.3 Å². The molecule has 2 heterocycles. The Morgan fingerprint density at radius 3 is 2.51 bits per heavy atom. The third-order valence-corrected chi connectivity index (χ3v) is 8.34. The smallest absolute Gasteiger partial charge is 0.246 e. The fraction of sp³-hybridized carbons (Fsp3) is 0.606. The Hall–Kier alpha value is -3.13. The number of rotatable bonds is 15. The quantitative estimate of drug-likeness (QED) is 0.148. The van der Waals surface area contributed by atoms with Gasteiger partial charge >= 0.3 is 0 Å². The van der Waals surface area contributed by atoms with Crippen molar-refractivity contribution in [1.82, 2.24) is 20.1 Å². The fourth-order valence-electron chi connectivity index (χ4n) is 5.92. The fourth-order valence-corrected chi connectivity index (χ4v) is 5.92. The van der Waals surface area contributed by atoms with E-state index in [1.165, 1.54) is 28.8 Å². The molecule has 226 valence electrons. The van der Waals surface area contributed by atoms with E-state index in [0.29, 0.717) is 49.3 Å². The molecule has 2 amide bonds. The lowest BCUT2D eigenvalue weighted by molar-refractivity contribution is -0.125. The summed E-state index contributed by atoms with van der Waals surface area (Å²) in [5.41, 5.74) is 4.71. The van der Waals surface area contributed by atoms with Crippen LogP contribution in [0.2, 0.25) is 0 Å². The first-order valence-corrected chi connectivity index (χ1v) is 15.3. The number of aromatic hydroxyl groups is 1.